The molecule has 3 nitrogen and oxygen atoms in total. The van der Waals surface area contributed by atoms with Crippen LogP contribution in [0.1, 0.15) is 17.0 Å². The van der Waals surface area contributed by atoms with Crippen LogP contribution in [0.25, 0.3) is 5.69 Å². The number of rotatable bonds is 4. The van der Waals surface area contributed by atoms with Gasteiger partial charge in [0.15, 0.2) is 5.16 Å². The molecule has 0 bridgehead atoms. The van der Waals surface area contributed by atoms with Crippen LogP contribution in [0.3, 0.4) is 0 Å². The van der Waals surface area contributed by atoms with E-state index in [-0.39, 0.29) is 5.82 Å². The maximum atomic E-state index is 13.1. The minimum absolute atomic E-state index is 0.247. The van der Waals surface area contributed by atoms with Gasteiger partial charge in [0, 0.05) is 11.4 Å². The van der Waals surface area contributed by atoms with E-state index in [1.165, 1.54) is 23.3 Å². The van der Waals surface area contributed by atoms with Crippen LogP contribution in [-0.2, 0) is 5.75 Å². The summed E-state index contributed by atoms with van der Waals surface area (Å²) in [6.07, 6.45) is 0. The molecule has 0 aliphatic carbocycles. The number of aryl methyl sites for hydroxylation is 2. The number of thioether (sulfide) groups is 1. The monoisotopic (exact) mass is 313 g/mol. The smallest absolute Gasteiger partial charge is 0.196 e. The molecule has 112 valence electrons. The van der Waals surface area contributed by atoms with Crippen molar-refractivity contribution in [2.75, 3.05) is 0 Å². The first kappa shape index (κ1) is 14.8. The summed E-state index contributed by atoms with van der Waals surface area (Å²) in [5.41, 5.74) is 3.36. The largest absolute Gasteiger partial charge is 0.274 e. The Morgan fingerprint density at radius 3 is 2.32 bits per heavy atom. The van der Waals surface area contributed by atoms with Gasteiger partial charge in [0.2, 0.25) is 0 Å². The van der Waals surface area contributed by atoms with Gasteiger partial charge in [-0.2, -0.15) is 0 Å². The maximum absolute atomic E-state index is 13.1. The highest BCUT2D eigenvalue weighted by Crippen LogP contribution is 2.25. The molecular formula is C17H16FN3S. The zero-order valence-corrected chi connectivity index (χ0v) is 13.3. The average Bonchev–Trinajstić information content (AvgIpc) is 2.89. The van der Waals surface area contributed by atoms with Gasteiger partial charge < -0.3 is 0 Å². The van der Waals surface area contributed by atoms with Crippen molar-refractivity contribution in [3.63, 3.8) is 0 Å². The highest BCUT2D eigenvalue weighted by Gasteiger charge is 2.11. The van der Waals surface area contributed by atoms with Crippen LogP contribution in [0.2, 0.25) is 0 Å². The van der Waals surface area contributed by atoms with Crippen molar-refractivity contribution >= 4 is 11.8 Å². The molecule has 0 atom stereocenters. The standard InChI is InChI=1S/C17H16FN3S/c1-12-3-5-14(6-4-12)11-22-17-20-19-13(2)21(17)16-9-7-15(18)8-10-16/h3-10H,11H2,1-2H3. The summed E-state index contributed by atoms with van der Waals surface area (Å²) < 4.78 is 15.0. The molecule has 0 spiro atoms. The maximum Gasteiger partial charge on any atom is 0.196 e. The molecule has 0 saturated carbocycles. The van der Waals surface area contributed by atoms with Crippen molar-refractivity contribution in [1.82, 2.24) is 14.8 Å². The summed E-state index contributed by atoms with van der Waals surface area (Å²) in [7, 11) is 0. The molecule has 3 rings (SSSR count). The molecular weight excluding hydrogens is 297 g/mol. The van der Waals surface area contributed by atoms with Gasteiger partial charge in [0.05, 0.1) is 0 Å². The van der Waals surface area contributed by atoms with E-state index in [0.29, 0.717) is 0 Å². The Bertz CT molecular complexity index is 764. The van der Waals surface area contributed by atoms with Crippen LogP contribution in [0.4, 0.5) is 4.39 Å². The second-order valence-corrected chi connectivity index (χ2v) is 6.06. The van der Waals surface area contributed by atoms with Crippen molar-refractivity contribution < 1.29 is 4.39 Å². The number of halogens is 1. The van der Waals surface area contributed by atoms with Crippen LogP contribution < -0.4 is 0 Å². The quantitative estimate of drug-likeness (QED) is 0.672. The molecule has 5 heteroatoms. The Kier molecular flexibility index (Phi) is 4.24. The third kappa shape index (κ3) is 3.20. The Morgan fingerprint density at radius 1 is 0.955 bits per heavy atom. The summed E-state index contributed by atoms with van der Waals surface area (Å²) in [6, 6.07) is 14.8. The molecule has 2 aromatic carbocycles. The summed E-state index contributed by atoms with van der Waals surface area (Å²) in [5, 5.41) is 9.18. The van der Waals surface area contributed by atoms with Crippen molar-refractivity contribution in [2.24, 2.45) is 0 Å². The minimum atomic E-state index is -0.247. The Hall–Kier alpha value is -2.14. The number of nitrogens with zero attached hydrogens (tertiary/aromatic N) is 3. The van der Waals surface area contributed by atoms with Gasteiger partial charge in [-0.15, -0.1) is 10.2 Å². The highest BCUT2D eigenvalue weighted by molar-refractivity contribution is 7.98. The van der Waals surface area contributed by atoms with E-state index >= 15 is 0 Å². The lowest BCUT2D eigenvalue weighted by Crippen LogP contribution is -1.99. The number of benzene rings is 2. The van der Waals surface area contributed by atoms with Gasteiger partial charge in [0.25, 0.3) is 0 Å². The first-order valence-corrected chi connectivity index (χ1v) is 7.98. The number of hydrogen-bond acceptors (Lipinski definition) is 3. The van der Waals surface area contributed by atoms with Crippen LogP contribution >= 0.6 is 11.8 Å². The first-order chi connectivity index (χ1) is 10.6. The second kappa shape index (κ2) is 6.32. The summed E-state index contributed by atoms with van der Waals surface area (Å²) in [4.78, 5) is 0. The molecule has 0 N–H and O–H groups in total. The van der Waals surface area contributed by atoms with Gasteiger partial charge in [-0.25, -0.2) is 4.39 Å². The van der Waals surface area contributed by atoms with Crippen LogP contribution in [0.5, 0.6) is 0 Å². The zero-order chi connectivity index (χ0) is 15.5. The van der Waals surface area contributed by atoms with Gasteiger partial charge >= 0.3 is 0 Å². The third-order valence-electron chi connectivity index (χ3n) is 3.37. The normalized spacial score (nSPS) is 10.9. The predicted molar refractivity (Wildman–Crippen MR) is 86.8 cm³/mol. The molecule has 0 fully saturated rings. The third-order valence-corrected chi connectivity index (χ3v) is 4.37. The Labute approximate surface area is 133 Å². The van der Waals surface area contributed by atoms with Crippen molar-refractivity contribution in [3.05, 3.63) is 71.3 Å². The van der Waals surface area contributed by atoms with E-state index in [0.717, 1.165) is 22.4 Å². The number of aromatic nitrogens is 3. The van der Waals surface area contributed by atoms with E-state index in [1.807, 2.05) is 11.5 Å². The predicted octanol–water partition coefficient (Wildman–Crippen LogP) is 4.32. The summed E-state index contributed by atoms with van der Waals surface area (Å²) in [6.45, 7) is 3.97. The molecule has 0 radical (unpaired) electrons. The van der Waals surface area contributed by atoms with E-state index in [4.69, 9.17) is 0 Å². The lowest BCUT2D eigenvalue weighted by atomic mass is 10.2. The van der Waals surface area contributed by atoms with Gasteiger partial charge in [0.1, 0.15) is 11.6 Å². The minimum Gasteiger partial charge on any atom is -0.274 e. The second-order valence-electron chi connectivity index (χ2n) is 5.12. The molecule has 0 aliphatic heterocycles. The lowest BCUT2D eigenvalue weighted by Gasteiger charge is -2.08. The van der Waals surface area contributed by atoms with E-state index in [1.54, 1.807) is 23.9 Å². The fraction of sp³-hybridized carbons (Fsp3) is 0.176. The molecule has 1 heterocycles. The van der Waals surface area contributed by atoms with Crippen LogP contribution in [0.15, 0.2) is 53.7 Å². The van der Waals surface area contributed by atoms with Gasteiger partial charge in [-0.05, 0) is 43.7 Å². The zero-order valence-electron chi connectivity index (χ0n) is 12.5. The van der Waals surface area contributed by atoms with Gasteiger partial charge in [-0.1, -0.05) is 41.6 Å². The van der Waals surface area contributed by atoms with Crippen molar-refractivity contribution in [3.8, 4) is 5.69 Å². The van der Waals surface area contributed by atoms with Crippen LogP contribution in [0, 0.1) is 19.7 Å². The fourth-order valence-electron chi connectivity index (χ4n) is 2.16. The fourth-order valence-corrected chi connectivity index (χ4v) is 3.11. The SMILES string of the molecule is Cc1ccc(CSc2nnc(C)n2-c2ccc(F)cc2)cc1. The molecule has 1 aromatic heterocycles. The molecule has 0 amide bonds. The van der Waals surface area contributed by atoms with Crippen LogP contribution in [-0.4, -0.2) is 14.8 Å². The summed E-state index contributed by atoms with van der Waals surface area (Å²) >= 11 is 1.62. The topological polar surface area (TPSA) is 30.7 Å². The Morgan fingerprint density at radius 2 is 1.64 bits per heavy atom. The van der Waals surface area contributed by atoms with E-state index < -0.39 is 0 Å². The van der Waals surface area contributed by atoms with E-state index in [9.17, 15) is 4.39 Å². The van der Waals surface area contributed by atoms with Gasteiger partial charge in [-0.3, -0.25) is 4.57 Å². The molecule has 22 heavy (non-hydrogen) atoms. The number of hydrogen-bond donors (Lipinski definition) is 0. The average molecular weight is 313 g/mol. The van der Waals surface area contributed by atoms with Crippen molar-refractivity contribution in [1.29, 1.82) is 0 Å². The first-order valence-electron chi connectivity index (χ1n) is 7.00. The Balaban J connectivity index is 1.83. The van der Waals surface area contributed by atoms with Crippen molar-refractivity contribution in [2.45, 2.75) is 24.8 Å². The molecule has 3 aromatic rings. The molecule has 0 saturated heterocycles. The lowest BCUT2D eigenvalue weighted by molar-refractivity contribution is 0.627. The summed E-state index contributed by atoms with van der Waals surface area (Å²) in [5.74, 6) is 1.36. The van der Waals surface area contributed by atoms with E-state index in [2.05, 4.69) is 41.4 Å². The highest BCUT2D eigenvalue weighted by atomic mass is 32.2. The molecule has 0 aliphatic rings. The molecule has 0 unspecified atom stereocenters.